The third-order valence-electron chi connectivity index (χ3n) is 2.39. The van der Waals surface area contributed by atoms with Gasteiger partial charge >= 0.3 is 10.1 Å². The second kappa shape index (κ2) is 5.66. The molecule has 110 valence electrons. The molecule has 9 heteroatoms. The minimum absolute atomic E-state index is 0.00593. The van der Waals surface area contributed by atoms with Crippen molar-refractivity contribution < 1.29 is 21.9 Å². The van der Waals surface area contributed by atoms with E-state index >= 15 is 0 Å². The van der Waals surface area contributed by atoms with Crippen LogP contribution in [-0.4, -0.2) is 13.3 Å². The first-order valence-electron chi connectivity index (χ1n) is 5.43. The number of nitro benzene ring substituents is 1. The summed E-state index contributed by atoms with van der Waals surface area (Å²) in [6.45, 7) is 0. The van der Waals surface area contributed by atoms with Crippen LogP contribution in [0.25, 0.3) is 0 Å². The number of hydrogen-bond acceptors (Lipinski definition) is 5. The highest BCUT2D eigenvalue weighted by Gasteiger charge is 2.28. The van der Waals surface area contributed by atoms with E-state index in [9.17, 15) is 22.9 Å². The van der Waals surface area contributed by atoms with Crippen LogP contribution in [0.3, 0.4) is 0 Å². The Bertz CT molecular complexity index is 809. The van der Waals surface area contributed by atoms with Crippen LogP contribution in [0.4, 0.5) is 10.1 Å². The molecule has 0 amide bonds. The molecule has 2 rings (SSSR count). The third-order valence-corrected chi connectivity index (χ3v) is 3.92. The van der Waals surface area contributed by atoms with Gasteiger partial charge in [0.15, 0.2) is 4.90 Å². The van der Waals surface area contributed by atoms with Crippen molar-refractivity contribution >= 4 is 27.4 Å². The Morgan fingerprint density at radius 1 is 1.19 bits per heavy atom. The molecule has 0 unspecified atom stereocenters. The molecule has 0 radical (unpaired) electrons. The summed E-state index contributed by atoms with van der Waals surface area (Å²) in [6.07, 6.45) is 0. The summed E-state index contributed by atoms with van der Waals surface area (Å²) in [4.78, 5) is 9.33. The van der Waals surface area contributed by atoms with E-state index in [1.165, 1.54) is 18.2 Å². The van der Waals surface area contributed by atoms with E-state index in [1.807, 2.05) is 0 Å². The molecule has 2 aromatic rings. The first-order valence-corrected chi connectivity index (χ1v) is 7.22. The minimum atomic E-state index is -4.49. The zero-order valence-corrected chi connectivity index (χ0v) is 11.8. The zero-order valence-electron chi connectivity index (χ0n) is 10.2. The fraction of sp³-hybridized carbons (Fsp3) is 0. The lowest BCUT2D eigenvalue weighted by atomic mass is 10.3. The number of nitrogens with zero attached hydrogens (tertiary/aromatic N) is 1. The smallest absolute Gasteiger partial charge is 0.346 e. The monoisotopic (exact) mass is 331 g/mol. The van der Waals surface area contributed by atoms with Gasteiger partial charge in [-0.15, -0.1) is 0 Å². The Balaban J connectivity index is 2.47. The SMILES string of the molecule is O=[N+]([O-])c1cc(Cl)ccc1S(=O)(=O)Oc1cccc(F)c1. The number of nitro groups is 1. The highest BCUT2D eigenvalue weighted by Crippen LogP contribution is 2.29. The van der Waals surface area contributed by atoms with Crippen molar-refractivity contribution in [1.29, 1.82) is 0 Å². The minimum Gasteiger partial charge on any atom is -0.379 e. The molecule has 0 fully saturated rings. The first-order chi connectivity index (χ1) is 9.79. The molecule has 0 aliphatic heterocycles. The van der Waals surface area contributed by atoms with Crippen LogP contribution in [0.15, 0.2) is 47.4 Å². The Kier molecular flexibility index (Phi) is 4.10. The molecule has 0 aliphatic rings. The zero-order chi connectivity index (χ0) is 15.6. The van der Waals surface area contributed by atoms with Gasteiger partial charge in [0, 0.05) is 17.2 Å². The lowest BCUT2D eigenvalue weighted by Gasteiger charge is -2.07. The van der Waals surface area contributed by atoms with Gasteiger partial charge in [0.05, 0.1) is 4.92 Å². The lowest BCUT2D eigenvalue weighted by molar-refractivity contribution is -0.387. The molecule has 0 N–H and O–H groups in total. The normalized spacial score (nSPS) is 11.1. The van der Waals surface area contributed by atoms with Crippen LogP contribution >= 0.6 is 11.6 Å². The standard InChI is InChI=1S/C12H7ClFNO5S/c13-8-4-5-12(11(6-8)15(16)17)21(18,19)20-10-3-1-2-9(14)7-10/h1-7H. The van der Waals surface area contributed by atoms with E-state index < -0.39 is 31.4 Å². The van der Waals surface area contributed by atoms with E-state index in [0.717, 1.165) is 24.3 Å². The van der Waals surface area contributed by atoms with Gasteiger partial charge in [-0.3, -0.25) is 10.1 Å². The maximum absolute atomic E-state index is 13.0. The summed E-state index contributed by atoms with van der Waals surface area (Å²) in [5.74, 6) is -0.993. The summed E-state index contributed by atoms with van der Waals surface area (Å²) in [5.41, 5.74) is -0.723. The van der Waals surface area contributed by atoms with E-state index in [2.05, 4.69) is 4.18 Å². The Labute approximate surface area is 124 Å². The van der Waals surface area contributed by atoms with Gasteiger partial charge in [0.25, 0.3) is 5.69 Å². The van der Waals surface area contributed by atoms with Crippen LogP contribution in [0.2, 0.25) is 5.02 Å². The molecule has 21 heavy (non-hydrogen) atoms. The molecule has 6 nitrogen and oxygen atoms in total. The summed E-state index contributed by atoms with van der Waals surface area (Å²) in [7, 11) is -4.49. The van der Waals surface area contributed by atoms with Gasteiger partial charge in [-0.05, 0) is 24.3 Å². The molecular weight excluding hydrogens is 325 g/mol. The van der Waals surface area contributed by atoms with E-state index in [-0.39, 0.29) is 10.8 Å². The van der Waals surface area contributed by atoms with Crippen molar-refractivity contribution in [3.8, 4) is 5.75 Å². The quantitative estimate of drug-likeness (QED) is 0.488. The summed E-state index contributed by atoms with van der Waals surface area (Å²) in [5, 5.41) is 10.9. The van der Waals surface area contributed by atoms with Gasteiger partial charge in [0.1, 0.15) is 11.6 Å². The summed E-state index contributed by atoms with van der Waals surface area (Å²) >= 11 is 5.60. The van der Waals surface area contributed by atoms with E-state index in [1.54, 1.807) is 0 Å². The van der Waals surface area contributed by atoms with E-state index in [4.69, 9.17) is 11.6 Å². The number of rotatable bonds is 4. The fourth-order valence-corrected chi connectivity index (χ4v) is 2.77. The topological polar surface area (TPSA) is 86.5 Å². The molecule has 2 aromatic carbocycles. The average molecular weight is 332 g/mol. The number of benzene rings is 2. The highest BCUT2D eigenvalue weighted by atomic mass is 35.5. The molecule has 0 saturated heterocycles. The summed E-state index contributed by atoms with van der Waals surface area (Å²) < 4.78 is 41.8. The van der Waals surface area contributed by atoms with Gasteiger partial charge in [-0.2, -0.15) is 8.42 Å². The molecular formula is C12H7ClFNO5S. The molecule has 0 saturated carbocycles. The fourth-order valence-electron chi connectivity index (χ4n) is 1.54. The lowest BCUT2D eigenvalue weighted by Crippen LogP contribution is -2.12. The Hall–Kier alpha value is -2.19. The van der Waals surface area contributed by atoms with Crippen LogP contribution < -0.4 is 4.18 Å². The second-order valence-electron chi connectivity index (χ2n) is 3.86. The Morgan fingerprint density at radius 3 is 2.52 bits per heavy atom. The van der Waals surface area contributed by atoms with Crippen molar-refractivity contribution in [3.63, 3.8) is 0 Å². The van der Waals surface area contributed by atoms with Crippen molar-refractivity contribution in [2.45, 2.75) is 4.90 Å². The van der Waals surface area contributed by atoms with Crippen LogP contribution in [0, 0.1) is 15.9 Å². The third kappa shape index (κ3) is 3.47. The highest BCUT2D eigenvalue weighted by molar-refractivity contribution is 7.87. The molecule has 0 aromatic heterocycles. The van der Waals surface area contributed by atoms with Crippen molar-refractivity contribution in [3.05, 3.63) is 63.4 Å². The van der Waals surface area contributed by atoms with Crippen LogP contribution in [0.1, 0.15) is 0 Å². The maximum Gasteiger partial charge on any atom is 0.346 e. The predicted molar refractivity (Wildman–Crippen MR) is 72.3 cm³/mol. The molecule has 0 atom stereocenters. The molecule has 0 bridgehead atoms. The number of hydrogen-bond donors (Lipinski definition) is 0. The van der Waals surface area contributed by atoms with Crippen LogP contribution in [-0.2, 0) is 10.1 Å². The van der Waals surface area contributed by atoms with Gasteiger partial charge in [0.2, 0.25) is 0 Å². The van der Waals surface area contributed by atoms with Crippen molar-refractivity contribution in [2.24, 2.45) is 0 Å². The van der Waals surface area contributed by atoms with Crippen molar-refractivity contribution in [2.75, 3.05) is 0 Å². The average Bonchev–Trinajstić information content (AvgIpc) is 2.37. The van der Waals surface area contributed by atoms with E-state index in [0.29, 0.717) is 0 Å². The van der Waals surface area contributed by atoms with Gasteiger partial charge in [-0.25, -0.2) is 4.39 Å². The predicted octanol–water partition coefficient (Wildman–Crippen LogP) is 3.16. The number of halogens is 2. The summed E-state index contributed by atoms with van der Waals surface area (Å²) in [6, 6.07) is 7.43. The largest absolute Gasteiger partial charge is 0.379 e. The van der Waals surface area contributed by atoms with Crippen LogP contribution in [0.5, 0.6) is 5.75 Å². The second-order valence-corrected chi connectivity index (χ2v) is 5.82. The Morgan fingerprint density at radius 2 is 1.90 bits per heavy atom. The molecule has 0 spiro atoms. The molecule has 0 heterocycles. The van der Waals surface area contributed by atoms with Gasteiger partial charge < -0.3 is 4.18 Å². The first kappa shape index (κ1) is 15.2. The van der Waals surface area contributed by atoms with Gasteiger partial charge in [-0.1, -0.05) is 17.7 Å². The van der Waals surface area contributed by atoms with Crippen molar-refractivity contribution in [1.82, 2.24) is 0 Å². The maximum atomic E-state index is 13.0. The molecule has 0 aliphatic carbocycles.